The number of carbonyl (C=O) groups excluding carboxylic acids is 3. The Balaban J connectivity index is 1.63. The molecule has 0 unspecified atom stereocenters. The van der Waals surface area contributed by atoms with Gasteiger partial charge in [-0.15, -0.1) is 0 Å². The molecule has 2 fully saturated rings. The van der Waals surface area contributed by atoms with E-state index >= 15 is 0 Å². The lowest BCUT2D eigenvalue weighted by Crippen LogP contribution is -2.52. The highest BCUT2D eigenvalue weighted by Gasteiger charge is 2.44. The molecule has 2 heterocycles. The SMILES string of the molecule is CCOC(=O)[C@@H]1COC(=O)N1C1CCN(C(=O)c2ccc(OC)c(Br)c2)CC1. The molecule has 0 saturated carbocycles. The Kier molecular flexibility index (Phi) is 6.43. The summed E-state index contributed by atoms with van der Waals surface area (Å²) in [6.45, 7) is 2.97. The summed E-state index contributed by atoms with van der Waals surface area (Å²) in [4.78, 5) is 40.3. The molecule has 0 aromatic heterocycles. The van der Waals surface area contributed by atoms with Crippen molar-refractivity contribution in [2.24, 2.45) is 0 Å². The summed E-state index contributed by atoms with van der Waals surface area (Å²) < 4.78 is 16.0. The number of piperidine rings is 1. The van der Waals surface area contributed by atoms with Crippen LogP contribution >= 0.6 is 15.9 Å². The average molecular weight is 455 g/mol. The summed E-state index contributed by atoms with van der Waals surface area (Å²) in [6.07, 6.45) is 0.657. The minimum absolute atomic E-state index is 0.0106. The fourth-order valence-corrected chi connectivity index (χ4v) is 4.13. The number of likely N-dealkylation sites (tertiary alicyclic amines) is 1. The predicted octanol–water partition coefficient (Wildman–Crippen LogP) is 2.45. The van der Waals surface area contributed by atoms with Gasteiger partial charge >= 0.3 is 12.1 Å². The van der Waals surface area contributed by atoms with Gasteiger partial charge < -0.3 is 19.1 Å². The highest BCUT2D eigenvalue weighted by molar-refractivity contribution is 9.10. The van der Waals surface area contributed by atoms with E-state index < -0.39 is 18.1 Å². The number of benzene rings is 1. The van der Waals surface area contributed by atoms with Crippen LogP contribution in [0.2, 0.25) is 0 Å². The summed E-state index contributed by atoms with van der Waals surface area (Å²) in [5.41, 5.74) is 0.566. The van der Waals surface area contributed by atoms with Crippen molar-refractivity contribution in [3.63, 3.8) is 0 Å². The Morgan fingerprint density at radius 3 is 2.61 bits per heavy atom. The van der Waals surface area contributed by atoms with Gasteiger partial charge in [-0.2, -0.15) is 0 Å². The molecule has 1 aromatic carbocycles. The Morgan fingerprint density at radius 2 is 2.00 bits per heavy atom. The summed E-state index contributed by atoms with van der Waals surface area (Å²) in [6, 6.07) is 4.34. The fraction of sp³-hybridized carbons (Fsp3) is 0.526. The highest BCUT2D eigenvalue weighted by atomic mass is 79.9. The van der Waals surface area contributed by atoms with Crippen LogP contribution in [0.15, 0.2) is 22.7 Å². The van der Waals surface area contributed by atoms with E-state index in [0.29, 0.717) is 41.7 Å². The lowest BCUT2D eigenvalue weighted by molar-refractivity contribution is -0.148. The number of ether oxygens (including phenoxy) is 3. The van der Waals surface area contributed by atoms with Crippen LogP contribution in [-0.2, 0) is 14.3 Å². The maximum Gasteiger partial charge on any atom is 0.410 e. The summed E-state index contributed by atoms with van der Waals surface area (Å²) >= 11 is 3.40. The van der Waals surface area contributed by atoms with Gasteiger partial charge in [0.2, 0.25) is 0 Å². The van der Waals surface area contributed by atoms with Gasteiger partial charge in [0.1, 0.15) is 12.4 Å². The first kappa shape index (κ1) is 20.4. The molecule has 1 atom stereocenters. The van der Waals surface area contributed by atoms with Crippen molar-refractivity contribution in [2.45, 2.75) is 31.8 Å². The molecule has 28 heavy (non-hydrogen) atoms. The minimum Gasteiger partial charge on any atom is -0.496 e. The van der Waals surface area contributed by atoms with Gasteiger partial charge in [0, 0.05) is 24.7 Å². The smallest absolute Gasteiger partial charge is 0.410 e. The third kappa shape index (κ3) is 4.09. The number of esters is 1. The zero-order chi connectivity index (χ0) is 20.3. The number of cyclic esters (lactones) is 1. The second-order valence-electron chi connectivity index (χ2n) is 6.62. The molecule has 0 bridgehead atoms. The monoisotopic (exact) mass is 454 g/mol. The maximum atomic E-state index is 12.8. The van der Waals surface area contributed by atoms with Crippen LogP contribution < -0.4 is 4.74 Å². The van der Waals surface area contributed by atoms with E-state index in [1.807, 2.05) is 0 Å². The van der Waals surface area contributed by atoms with Crippen LogP contribution in [0.3, 0.4) is 0 Å². The number of hydrogen-bond donors (Lipinski definition) is 0. The van der Waals surface area contributed by atoms with E-state index in [1.165, 1.54) is 4.90 Å². The van der Waals surface area contributed by atoms with Crippen molar-refractivity contribution in [1.29, 1.82) is 0 Å². The number of carbonyl (C=O) groups is 3. The standard InChI is InChI=1S/C19H23BrN2O6/c1-3-27-18(24)15-11-28-19(25)22(15)13-6-8-21(9-7-13)17(23)12-4-5-16(26-2)14(20)10-12/h4-5,10,13,15H,3,6-9,11H2,1-2H3/t15-/m0/s1. The number of halogens is 1. The number of rotatable bonds is 5. The highest BCUT2D eigenvalue weighted by Crippen LogP contribution is 2.28. The van der Waals surface area contributed by atoms with Crippen molar-refractivity contribution < 1.29 is 28.6 Å². The molecule has 9 heteroatoms. The number of hydrogen-bond acceptors (Lipinski definition) is 6. The van der Waals surface area contributed by atoms with Crippen LogP contribution in [0.1, 0.15) is 30.1 Å². The molecule has 0 N–H and O–H groups in total. The zero-order valence-corrected chi connectivity index (χ0v) is 17.4. The van der Waals surface area contributed by atoms with Crippen molar-refractivity contribution in [2.75, 3.05) is 33.4 Å². The Morgan fingerprint density at radius 1 is 1.29 bits per heavy atom. The Bertz CT molecular complexity index is 763. The quantitative estimate of drug-likeness (QED) is 0.635. The molecule has 2 aliphatic rings. The second kappa shape index (κ2) is 8.81. The normalized spacial score (nSPS) is 20.1. The zero-order valence-electron chi connectivity index (χ0n) is 15.9. The summed E-state index contributed by atoms with van der Waals surface area (Å²) in [7, 11) is 1.57. The lowest BCUT2D eigenvalue weighted by Gasteiger charge is -2.37. The van der Waals surface area contributed by atoms with E-state index in [0.717, 1.165) is 0 Å². The van der Waals surface area contributed by atoms with Crippen LogP contribution in [0.4, 0.5) is 4.79 Å². The third-order valence-electron chi connectivity index (χ3n) is 5.01. The molecule has 0 spiro atoms. The third-order valence-corrected chi connectivity index (χ3v) is 5.63. The molecule has 3 rings (SSSR count). The molecule has 0 radical (unpaired) electrons. The Hall–Kier alpha value is -2.29. The minimum atomic E-state index is -0.711. The van der Waals surface area contributed by atoms with Gasteiger partial charge in [-0.05, 0) is 53.9 Å². The first-order chi connectivity index (χ1) is 13.5. The van der Waals surface area contributed by atoms with Gasteiger partial charge in [-0.25, -0.2) is 9.59 Å². The second-order valence-corrected chi connectivity index (χ2v) is 7.48. The number of amides is 2. The van der Waals surface area contributed by atoms with Crippen molar-refractivity contribution in [1.82, 2.24) is 9.80 Å². The van der Waals surface area contributed by atoms with Crippen molar-refractivity contribution >= 4 is 33.9 Å². The van der Waals surface area contributed by atoms with Gasteiger partial charge in [0.05, 0.1) is 18.2 Å². The summed E-state index contributed by atoms with van der Waals surface area (Å²) in [5.74, 6) is 0.135. The molecule has 0 aliphatic carbocycles. The number of methoxy groups -OCH3 is 1. The van der Waals surface area contributed by atoms with Crippen LogP contribution in [0, 0.1) is 0 Å². The Labute approximate surface area is 171 Å². The van der Waals surface area contributed by atoms with Gasteiger partial charge in [-0.3, -0.25) is 9.69 Å². The van der Waals surface area contributed by atoms with E-state index in [2.05, 4.69) is 15.9 Å². The average Bonchev–Trinajstić information content (AvgIpc) is 3.09. The van der Waals surface area contributed by atoms with Crippen LogP contribution in [-0.4, -0.2) is 73.3 Å². The molecule has 8 nitrogen and oxygen atoms in total. The summed E-state index contributed by atoms with van der Waals surface area (Å²) in [5, 5.41) is 0. The topological polar surface area (TPSA) is 85.4 Å². The molecular weight excluding hydrogens is 432 g/mol. The van der Waals surface area contributed by atoms with Crippen molar-refractivity contribution in [3.8, 4) is 5.75 Å². The van der Waals surface area contributed by atoms with E-state index in [-0.39, 0.29) is 25.2 Å². The first-order valence-corrected chi connectivity index (χ1v) is 10.00. The van der Waals surface area contributed by atoms with E-state index in [4.69, 9.17) is 14.2 Å². The largest absolute Gasteiger partial charge is 0.496 e. The molecular formula is C19H23BrN2O6. The lowest BCUT2D eigenvalue weighted by atomic mass is 10.0. The number of nitrogens with zero attached hydrogens (tertiary/aromatic N) is 2. The molecule has 1 aromatic rings. The van der Waals surface area contributed by atoms with Crippen molar-refractivity contribution in [3.05, 3.63) is 28.2 Å². The first-order valence-electron chi connectivity index (χ1n) is 9.20. The molecule has 2 amide bonds. The van der Waals surface area contributed by atoms with Gasteiger partial charge in [-0.1, -0.05) is 0 Å². The van der Waals surface area contributed by atoms with Crippen LogP contribution in [0.5, 0.6) is 5.75 Å². The molecule has 2 aliphatic heterocycles. The van der Waals surface area contributed by atoms with Gasteiger partial charge in [0.15, 0.2) is 6.04 Å². The van der Waals surface area contributed by atoms with Gasteiger partial charge in [0.25, 0.3) is 5.91 Å². The maximum absolute atomic E-state index is 12.8. The van der Waals surface area contributed by atoms with E-state index in [1.54, 1.807) is 37.1 Å². The predicted molar refractivity (Wildman–Crippen MR) is 103 cm³/mol. The van der Waals surface area contributed by atoms with E-state index in [9.17, 15) is 14.4 Å². The fourth-order valence-electron chi connectivity index (χ4n) is 3.59. The molecule has 152 valence electrons. The molecule has 2 saturated heterocycles. The van der Waals surface area contributed by atoms with Crippen LogP contribution in [0.25, 0.3) is 0 Å².